The summed E-state index contributed by atoms with van der Waals surface area (Å²) < 4.78 is 38.1. The van der Waals surface area contributed by atoms with Crippen molar-refractivity contribution in [1.29, 1.82) is 0 Å². The van der Waals surface area contributed by atoms with Crippen LogP contribution in [0.25, 0.3) is 0 Å². The van der Waals surface area contributed by atoms with E-state index < -0.39 is 11.7 Å². The average molecular weight is 339 g/mol. The van der Waals surface area contributed by atoms with E-state index in [2.05, 4.69) is 10.2 Å². The number of amides is 1. The number of hydrogen-bond acceptors (Lipinski definition) is 3. The molecular weight excluding hydrogens is 323 g/mol. The lowest BCUT2D eigenvalue weighted by Gasteiger charge is -2.18. The molecule has 1 N–H and O–H groups in total. The quantitative estimate of drug-likeness (QED) is 0.909. The van der Waals surface area contributed by atoms with Crippen molar-refractivity contribution in [3.63, 3.8) is 0 Å². The van der Waals surface area contributed by atoms with E-state index in [-0.39, 0.29) is 24.4 Å². The number of nitrogens with zero attached hydrogens (tertiary/aromatic N) is 2. The van der Waals surface area contributed by atoms with Gasteiger partial charge in [-0.05, 0) is 23.8 Å². The molecule has 128 valence electrons. The second-order valence-corrected chi connectivity index (χ2v) is 5.36. The monoisotopic (exact) mass is 339 g/mol. The fourth-order valence-electron chi connectivity index (χ4n) is 2.15. The maximum Gasteiger partial charge on any atom is 0.416 e. The fourth-order valence-corrected chi connectivity index (χ4v) is 2.15. The first-order valence-corrected chi connectivity index (χ1v) is 7.20. The molecule has 1 heterocycles. The Balaban J connectivity index is 1.94. The van der Waals surface area contributed by atoms with Crippen LogP contribution >= 0.6 is 0 Å². The fraction of sp³-hybridized carbons (Fsp3) is 0.312. The zero-order valence-electron chi connectivity index (χ0n) is 12.9. The number of carbonyl (C=O) groups excluding carboxylic acids is 1. The van der Waals surface area contributed by atoms with Crippen molar-refractivity contribution >= 4 is 5.91 Å². The average Bonchev–Trinajstić information content (AvgIpc) is 2.53. The van der Waals surface area contributed by atoms with Gasteiger partial charge >= 0.3 is 6.18 Å². The minimum atomic E-state index is -4.41. The molecule has 1 aromatic carbocycles. The Bertz CT molecular complexity index is 751. The van der Waals surface area contributed by atoms with Crippen LogP contribution in [0.4, 0.5) is 13.2 Å². The summed E-state index contributed by atoms with van der Waals surface area (Å²) in [6, 6.07) is 7.74. The van der Waals surface area contributed by atoms with E-state index in [0.717, 1.165) is 12.1 Å². The zero-order valence-corrected chi connectivity index (χ0v) is 12.9. The molecule has 0 spiro atoms. The number of carbonyl (C=O) groups is 1. The number of aryl methyl sites for hydroxylation is 1. The van der Waals surface area contributed by atoms with Crippen molar-refractivity contribution in [2.45, 2.75) is 25.6 Å². The lowest BCUT2D eigenvalue weighted by molar-refractivity contribution is -0.137. The van der Waals surface area contributed by atoms with Crippen molar-refractivity contribution in [2.24, 2.45) is 0 Å². The van der Waals surface area contributed by atoms with Gasteiger partial charge in [0.1, 0.15) is 0 Å². The van der Waals surface area contributed by atoms with Crippen LogP contribution in [0.2, 0.25) is 0 Å². The SMILES string of the molecule is CN(Cc1cccc(C(F)(F)F)c1)C(=O)CCc1ccc(=O)[nH]n1. The molecule has 0 radical (unpaired) electrons. The third-order valence-electron chi connectivity index (χ3n) is 3.43. The lowest BCUT2D eigenvalue weighted by Crippen LogP contribution is -2.26. The topological polar surface area (TPSA) is 66.1 Å². The second kappa shape index (κ2) is 7.29. The van der Waals surface area contributed by atoms with Crippen molar-refractivity contribution in [3.8, 4) is 0 Å². The normalized spacial score (nSPS) is 11.3. The highest BCUT2D eigenvalue weighted by Crippen LogP contribution is 2.29. The molecule has 8 heteroatoms. The van der Waals surface area contributed by atoms with Crippen LogP contribution in [0.1, 0.15) is 23.2 Å². The molecule has 1 aromatic heterocycles. The molecule has 0 bridgehead atoms. The second-order valence-electron chi connectivity index (χ2n) is 5.36. The van der Waals surface area contributed by atoms with Gasteiger partial charge < -0.3 is 4.90 Å². The Morgan fingerprint density at radius 3 is 2.62 bits per heavy atom. The summed E-state index contributed by atoms with van der Waals surface area (Å²) in [7, 11) is 1.53. The number of rotatable bonds is 5. The third kappa shape index (κ3) is 4.94. The van der Waals surface area contributed by atoms with Gasteiger partial charge in [-0.15, -0.1) is 0 Å². The van der Waals surface area contributed by atoms with Crippen LogP contribution in [-0.2, 0) is 23.9 Å². The van der Waals surface area contributed by atoms with Gasteiger partial charge in [0.2, 0.25) is 5.91 Å². The predicted molar refractivity (Wildman–Crippen MR) is 81.1 cm³/mol. The number of hydrogen-bond donors (Lipinski definition) is 1. The van der Waals surface area contributed by atoms with Crippen LogP contribution in [0.5, 0.6) is 0 Å². The standard InChI is InChI=1S/C16H16F3N3O2/c1-22(10-11-3-2-4-12(9-11)16(17,18)19)15(24)8-6-13-5-7-14(23)21-20-13/h2-5,7,9H,6,8,10H2,1H3,(H,21,23). The number of alkyl halides is 3. The van der Waals surface area contributed by atoms with Crippen LogP contribution < -0.4 is 5.56 Å². The van der Waals surface area contributed by atoms with Gasteiger partial charge in [0.25, 0.3) is 5.56 Å². The Hall–Kier alpha value is -2.64. The number of halogens is 3. The largest absolute Gasteiger partial charge is 0.416 e. The highest BCUT2D eigenvalue weighted by atomic mass is 19.4. The molecule has 0 aliphatic heterocycles. The van der Waals surface area contributed by atoms with E-state index in [1.807, 2.05) is 0 Å². The molecule has 2 rings (SSSR count). The molecule has 0 saturated heterocycles. The third-order valence-corrected chi connectivity index (χ3v) is 3.43. The Kier molecular flexibility index (Phi) is 5.38. The van der Waals surface area contributed by atoms with E-state index in [0.29, 0.717) is 17.7 Å². The van der Waals surface area contributed by atoms with E-state index >= 15 is 0 Å². The summed E-state index contributed by atoms with van der Waals surface area (Å²) in [4.78, 5) is 24.3. The van der Waals surface area contributed by atoms with Crippen molar-refractivity contribution in [3.05, 3.63) is 63.6 Å². The molecular formula is C16H16F3N3O2. The maximum absolute atomic E-state index is 12.7. The molecule has 5 nitrogen and oxygen atoms in total. The maximum atomic E-state index is 12.7. The van der Waals surface area contributed by atoms with Crippen LogP contribution in [-0.4, -0.2) is 28.1 Å². The Labute approximate surface area is 136 Å². The minimum absolute atomic E-state index is 0.0851. The van der Waals surface area contributed by atoms with E-state index in [9.17, 15) is 22.8 Å². The molecule has 0 aliphatic carbocycles. The van der Waals surface area contributed by atoms with Gasteiger partial charge in [0.15, 0.2) is 0 Å². The van der Waals surface area contributed by atoms with E-state index in [1.54, 1.807) is 6.07 Å². The number of nitrogens with one attached hydrogen (secondary N) is 1. The molecule has 0 atom stereocenters. The Morgan fingerprint density at radius 2 is 2.00 bits per heavy atom. The summed E-state index contributed by atoms with van der Waals surface area (Å²) in [6.07, 6.45) is -3.93. The molecule has 24 heavy (non-hydrogen) atoms. The number of aromatic amines is 1. The van der Waals surface area contributed by atoms with Crippen LogP contribution in [0.3, 0.4) is 0 Å². The van der Waals surface area contributed by atoms with Crippen LogP contribution in [0.15, 0.2) is 41.2 Å². The molecule has 0 aliphatic rings. The summed E-state index contributed by atoms with van der Waals surface area (Å²) in [6.45, 7) is 0.0851. The summed E-state index contributed by atoms with van der Waals surface area (Å²) in [5.74, 6) is -0.222. The van der Waals surface area contributed by atoms with Gasteiger partial charge in [-0.2, -0.15) is 18.3 Å². The predicted octanol–water partition coefficient (Wildman–Crippen LogP) is 2.38. The van der Waals surface area contributed by atoms with Gasteiger partial charge in [-0.3, -0.25) is 9.59 Å². The number of aromatic nitrogens is 2. The van der Waals surface area contributed by atoms with Gasteiger partial charge in [0, 0.05) is 32.5 Å². The molecule has 0 unspecified atom stereocenters. The van der Waals surface area contributed by atoms with Gasteiger partial charge in [-0.1, -0.05) is 12.1 Å². The summed E-state index contributed by atoms with van der Waals surface area (Å²) in [5.41, 5.74) is -0.0942. The number of H-pyrrole nitrogens is 1. The first-order chi connectivity index (χ1) is 11.3. The van der Waals surface area contributed by atoms with E-state index in [1.165, 1.54) is 30.1 Å². The minimum Gasteiger partial charge on any atom is -0.341 e. The zero-order chi connectivity index (χ0) is 17.7. The van der Waals surface area contributed by atoms with Crippen molar-refractivity contribution < 1.29 is 18.0 Å². The number of benzene rings is 1. The molecule has 0 saturated carbocycles. The first kappa shape index (κ1) is 17.7. The van der Waals surface area contributed by atoms with Crippen molar-refractivity contribution in [2.75, 3.05) is 7.05 Å². The van der Waals surface area contributed by atoms with E-state index in [4.69, 9.17) is 0 Å². The highest BCUT2D eigenvalue weighted by molar-refractivity contribution is 5.76. The smallest absolute Gasteiger partial charge is 0.341 e. The van der Waals surface area contributed by atoms with Gasteiger partial charge in [-0.25, -0.2) is 5.10 Å². The lowest BCUT2D eigenvalue weighted by atomic mass is 10.1. The first-order valence-electron chi connectivity index (χ1n) is 7.20. The summed E-state index contributed by atoms with van der Waals surface area (Å²) in [5, 5.41) is 6.07. The van der Waals surface area contributed by atoms with Gasteiger partial charge in [0.05, 0.1) is 11.3 Å². The molecule has 1 amide bonds. The molecule has 0 fully saturated rings. The van der Waals surface area contributed by atoms with Crippen molar-refractivity contribution in [1.82, 2.24) is 15.1 Å². The summed E-state index contributed by atoms with van der Waals surface area (Å²) >= 11 is 0. The highest BCUT2D eigenvalue weighted by Gasteiger charge is 2.30. The Morgan fingerprint density at radius 1 is 1.25 bits per heavy atom. The van der Waals surface area contributed by atoms with Crippen LogP contribution in [0, 0.1) is 0 Å². The molecule has 2 aromatic rings.